The highest BCUT2D eigenvalue weighted by Gasteiger charge is 2.17. The summed E-state index contributed by atoms with van der Waals surface area (Å²) in [6.45, 7) is 3.12. The number of methoxy groups -OCH3 is 2. The summed E-state index contributed by atoms with van der Waals surface area (Å²) in [4.78, 5) is 24.0. The average Bonchev–Trinajstić information content (AvgIpc) is 2.67. The van der Waals surface area contributed by atoms with E-state index in [0.717, 1.165) is 0 Å². The number of carboxylic acid groups (broad SMARTS) is 1. The third kappa shape index (κ3) is 3.51. The summed E-state index contributed by atoms with van der Waals surface area (Å²) >= 11 is 0. The number of rotatable bonds is 6. The fraction of sp³-hybridized carbons (Fsp3) is 0.238. The lowest BCUT2D eigenvalue weighted by atomic mass is 10.0. The summed E-state index contributed by atoms with van der Waals surface area (Å²) in [7, 11) is 3.06. The van der Waals surface area contributed by atoms with Crippen molar-refractivity contribution in [3.05, 3.63) is 52.4 Å². The number of ether oxygens (including phenoxy) is 3. The van der Waals surface area contributed by atoms with Crippen LogP contribution in [-0.4, -0.2) is 31.4 Å². The molecule has 2 aromatic carbocycles. The van der Waals surface area contributed by atoms with Gasteiger partial charge in [-0.1, -0.05) is 6.07 Å². The molecule has 146 valence electrons. The first-order valence-electron chi connectivity index (χ1n) is 8.55. The van der Waals surface area contributed by atoms with Crippen LogP contribution in [0.4, 0.5) is 0 Å². The highest BCUT2D eigenvalue weighted by Crippen LogP contribution is 2.33. The molecule has 1 heterocycles. The SMILES string of the molecule is COc1ccc(-c2c(C)oc3cc(O[C@@H](C)C(=O)O)ccc3c2=O)cc1OC. The number of carboxylic acids is 1. The number of benzene rings is 2. The molecule has 3 rings (SSSR count). The van der Waals surface area contributed by atoms with Crippen LogP contribution in [0.3, 0.4) is 0 Å². The first kappa shape index (κ1) is 19.3. The Morgan fingerprint density at radius 1 is 1.07 bits per heavy atom. The zero-order chi connectivity index (χ0) is 20.4. The molecule has 0 fully saturated rings. The summed E-state index contributed by atoms with van der Waals surface area (Å²) in [5, 5.41) is 9.34. The van der Waals surface area contributed by atoms with E-state index in [4.69, 9.17) is 23.7 Å². The van der Waals surface area contributed by atoms with Crippen molar-refractivity contribution < 1.29 is 28.5 Å². The maximum atomic E-state index is 13.1. The van der Waals surface area contributed by atoms with Gasteiger partial charge in [-0.25, -0.2) is 4.79 Å². The van der Waals surface area contributed by atoms with Crippen LogP contribution < -0.4 is 19.6 Å². The van der Waals surface area contributed by atoms with Gasteiger partial charge in [0.1, 0.15) is 17.1 Å². The Morgan fingerprint density at radius 2 is 1.79 bits per heavy atom. The molecule has 0 spiro atoms. The number of hydrogen-bond acceptors (Lipinski definition) is 6. The van der Waals surface area contributed by atoms with Crippen LogP contribution in [0.2, 0.25) is 0 Å². The van der Waals surface area contributed by atoms with Crippen molar-refractivity contribution in [3.63, 3.8) is 0 Å². The number of carbonyl (C=O) groups is 1. The van der Waals surface area contributed by atoms with Gasteiger partial charge in [0, 0.05) is 6.07 Å². The molecule has 7 heteroatoms. The van der Waals surface area contributed by atoms with Crippen molar-refractivity contribution in [3.8, 4) is 28.4 Å². The van der Waals surface area contributed by atoms with E-state index in [-0.39, 0.29) is 5.43 Å². The van der Waals surface area contributed by atoms with E-state index in [9.17, 15) is 9.59 Å². The zero-order valence-corrected chi connectivity index (χ0v) is 15.9. The second-order valence-corrected chi connectivity index (χ2v) is 6.19. The fourth-order valence-corrected chi connectivity index (χ4v) is 2.94. The predicted molar refractivity (Wildman–Crippen MR) is 103 cm³/mol. The number of aliphatic carboxylic acids is 1. The van der Waals surface area contributed by atoms with E-state index in [0.29, 0.717) is 45.1 Å². The van der Waals surface area contributed by atoms with Gasteiger partial charge in [-0.05, 0) is 43.7 Å². The number of fused-ring (bicyclic) bond motifs is 1. The van der Waals surface area contributed by atoms with Crippen LogP contribution >= 0.6 is 0 Å². The van der Waals surface area contributed by atoms with Crippen LogP contribution in [0.1, 0.15) is 12.7 Å². The molecule has 0 saturated heterocycles. The maximum Gasteiger partial charge on any atom is 0.344 e. The lowest BCUT2D eigenvalue weighted by Crippen LogP contribution is -2.22. The van der Waals surface area contributed by atoms with Crippen LogP contribution in [-0.2, 0) is 4.79 Å². The molecule has 3 aromatic rings. The third-order valence-electron chi connectivity index (χ3n) is 4.37. The average molecular weight is 384 g/mol. The van der Waals surface area contributed by atoms with E-state index in [2.05, 4.69) is 0 Å². The van der Waals surface area contributed by atoms with Crippen molar-refractivity contribution in [2.75, 3.05) is 14.2 Å². The minimum absolute atomic E-state index is 0.205. The van der Waals surface area contributed by atoms with Crippen molar-refractivity contribution >= 4 is 16.9 Å². The topological polar surface area (TPSA) is 95.2 Å². The standard InChI is InChI=1S/C21H20O7/c1-11-19(13-5-8-16(25-3)18(9-13)26-4)20(22)15-7-6-14(10-17(15)28-11)27-12(2)21(23)24/h5-10,12H,1-4H3,(H,23,24)/t12-/m0/s1. The minimum Gasteiger partial charge on any atom is -0.493 e. The zero-order valence-electron chi connectivity index (χ0n) is 15.9. The van der Waals surface area contributed by atoms with Crippen LogP contribution in [0.5, 0.6) is 17.2 Å². The van der Waals surface area contributed by atoms with Crippen LogP contribution in [0.25, 0.3) is 22.1 Å². The molecule has 0 amide bonds. The predicted octanol–water partition coefficient (Wildman–Crippen LogP) is 3.64. The summed E-state index contributed by atoms with van der Waals surface area (Å²) in [5.74, 6) is 0.715. The van der Waals surface area contributed by atoms with Gasteiger partial charge in [0.2, 0.25) is 5.43 Å². The Kier molecular flexibility index (Phi) is 5.26. The molecule has 1 N–H and O–H groups in total. The van der Waals surface area contributed by atoms with E-state index in [1.807, 2.05) is 0 Å². The van der Waals surface area contributed by atoms with Crippen LogP contribution in [0, 0.1) is 6.92 Å². The summed E-state index contributed by atoms with van der Waals surface area (Å²) in [6.07, 6.45) is -1.02. The van der Waals surface area contributed by atoms with Gasteiger partial charge in [-0.2, -0.15) is 0 Å². The Labute approximate surface area is 161 Å². The smallest absolute Gasteiger partial charge is 0.344 e. The van der Waals surface area contributed by atoms with Gasteiger partial charge in [0.05, 0.1) is 25.2 Å². The lowest BCUT2D eigenvalue weighted by Gasteiger charge is -2.13. The maximum absolute atomic E-state index is 13.1. The summed E-state index contributed by atoms with van der Waals surface area (Å²) < 4.78 is 21.7. The van der Waals surface area contributed by atoms with Crippen molar-refractivity contribution in [2.45, 2.75) is 20.0 Å². The fourth-order valence-electron chi connectivity index (χ4n) is 2.94. The quantitative estimate of drug-likeness (QED) is 0.693. The van der Waals surface area contributed by atoms with E-state index in [1.54, 1.807) is 37.3 Å². The van der Waals surface area contributed by atoms with Crippen molar-refractivity contribution in [1.29, 1.82) is 0 Å². The Bertz CT molecular complexity index is 1100. The number of hydrogen-bond donors (Lipinski definition) is 1. The van der Waals surface area contributed by atoms with Gasteiger partial charge in [-0.15, -0.1) is 0 Å². The minimum atomic E-state index is -1.08. The molecule has 0 bridgehead atoms. The van der Waals surface area contributed by atoms with E-state index >= 15 is 0 Å². The van der Waals surface area contributed by atoms with E-state index < -0.39 is 12.1 Å². The second-order valence-electron chi connectivity index (χ2n) is 6.19. The van der Waals surface area contributed by atoms with E-state index in [1.165, 1.54) is 27.2 Å². The van der Waals surface area contributed by atoms with Crippen LogP contribution in [0.15, 0.2) is 45.6 Å². The Hall–Kier alpha value is -3.48. The van der Waals surface area contributed by atoms with Gasteiger partial charge < -0.3 is 23.7 Å². The first-order chi connectivity index (χ1) is 13.3. The second kappa shape index (κ2) is 7.64. The highest BCUT2D eigenvalue weighted by molar-refractivity contribution is 5.84. The molecular formula is C21H20O7. The largest absolute Gasteiger partial charge is 0.493 e. The molecule has 0 aliphatic carbocycles. The molecule has 0 aliphatic heterocycles. The molecule has 1 aromatic heterocycles. The van der Waals surface area contributed by atoms with Gasteiger partial charge in [0.15, 0.2) is 17.6 Å². The number of aryl methyl sites for hydroxylation is 1. The third-order valence-corrected chi connectivity index (χ3v) is 4.37. The summed E-state index contributed by atoms with van der Waals surface area (Å²) in [5.41, 5.74) is 1.18. The normalized spacial score (nSPS) is 11.9. The lowest BCUT2D eigenvalue weighted by molar-refractivity contribution is -0.144. The Morgan fingerprint density at radius 3 is 2.43 bits per heavy atom. The monoisotopic (exact) mass is 384 g/mol. The molecule has 0 saturated carbocycles. The molecular weight excluding hydrogens is 364 g/mol. The summed E-state index contributed by atoms with van der Waals surface area (Å²) in [6, 6.07) is 9.83. The molecule has 1 atom stereocenters. The molecule has 7 nitrogen and oxygen atoms in total. The van der Waals surface area contributed by atoms with Gasteiger partial charge >= 0.3 is 5.97 Å². The molecule has 28 heavy (non-hydrogen) atoms. The Balaban J connectivity index is 2.11. The van der Waals surface area contributed by atoms with Gasteiger partial charge in [0.25, 0.3) is 0 Å². The first-order valence-corrected chi connectivity index (χ1v) is 8.55. The highest BCUT2D eigenvalue weighted by atomic mass is 16.5. The van der Waals surface area contributed by atoms with Gasteiger partial charge in [-0.3, -0.25) is 4.79 Å². The van der Waals surface area contributed by atoms with Crippen molar-refractivity contribution in [2.24, 2.45) is 0 Å². The molecule has 0 unspecified atom stereocenters. The van der Waals surface area contributed by atoms with Crippen molar-refractivity contribution in [1.82, 2.24) is 0 Å². The molecule has 0 radical (unpaired) electrons. The molecule has 0 aliphatic rings.